The number of ether oxygens (including phenoxy) is 1. The van der Waals surface area contributed by atoms with Crippen LogP contribution in [-0.4, -0.2) is 67.9 Å². The maximum absolute atomic E-state index is 12.0. The van der Waals surface area contributed by atoms with E-state index in [4.69, 9.17) is 4.74 Å². The first kappa shape index (κ1) is 19.5. The lowest BCUT2D eigenvalue weighted by Crippen LogP contribution is -2.48. The Balaban J connectivity index is 1.71. The average molecular weight is 349 g/mol. The Morgan fingerprint density at radius 3 is 2.64 bits per heavy atom. The van der Waals surface area contributed by atoms with Crippen molar-refractivity contribution in [2.45, 2.75) is 33.4 Å². The van der Waals surface area contributed by atoms with Crippen LogP contribution in [0.3, 0.4) is 0 Å². The largest absolute Gasteiger partial charge is 0.379 e. The van der Waals surface area contributed by atoms with Gasteiger partial charge < -0.3 is 20.3 Å². The van der Waals surface area contributed by atoms with Crippen LogP contribution in [0.15, 0.2) is 18.3 Å². The van der Waals surface area contributed by atoms with Crippen LogP contribution < -0.4 is 15.5 Å². The smallest absolute Gasteiger partial charge is 0.315 e. The molecular weight excluding hydrogens is 318 g/mol. The van der Waals surface area contributed by atoms with Gasteiger partial charge in [-0.25, -0.2) is 9.78 Å². The first-order valence-corrected chi connectivity index (χ1v) is 9.16. The Labute approximate surface area is 150 Å². The highest BCUT2D eigenvalue weighted by atomic mass is 16.5. The normalized spacial score (nSPS) is 16.3. The van der Waals surface area contributed by atoms with Gasteiger partial charge in [-0.15, -0.1) is 0 Å². The molecule has 0 aromatic carbocycles. The van der Waals surface area contributed by atoms with Crippen LogP contribution in [0.2, 0.25) is 0 Å². The second-order valence-electron chi connectivity index (χ2n) is 6.34. The summed E-state index contributed by atoms with van der Waals surface area (Å²) in [5.41, 5.74) is 0.992. The molecule has 2 rings (SSSR count). The number of amides is 2. The molecule has 1 aliphatic heterocycles. The lowest BCUT2D eigenvalue weighted by molar-refractivity contribution is 0.0349. The predicted octanol–water partition coefficient (Wildman–Crippen LogP) is 1.45. The van der Waals surface area contributed by atoms with Gasteiger partial charge in [-0.1, -0.05) is 6.07 Å². The number of urea groups is 1. The number of morpholine rings is 1. The summed E-state index contributed by atoms with van der Waals surface area (Å²) >= 11 is 0. The van der Waals surface area contributed by atoms with Crippen molar-refractivity contribution in [2.75, 3.05) is 50.8 Å². The molecule has 1 fully saturated rings. The molecular formula is C18H31N5O2. The molecule has 0 aliphatic carbocycles. The van der Waals surface area contributed by atoms with Crippen molar-refractivity contribution in [3.8, 4) is 0 Å². The van der Waals surface area contributed by atoms with E-state index in [0.29, 0.717) is 6.54 Å². The van der Waals surface area contributed by atoms with Crippen LogP contribution in [0.5, 0.6) is 0 Å². The fraction of sp³-hybridized carbons (Fsp3) is 0.667. The highest BCUT2D eigenvalue weighted by molar-refractivity contribution is 5.74. The molecule has 140 valence electrons. The van der Waals surface area contributed by atoms with E-state index in [-0.39, 0.29) is 12.1 Å². The van der Waals surface area contributed by atoms with E-state index in [1.165, 1.54) is 0 Å². The van der Waals surface area contributed by atoms with Gasteiger partial charge in [0, 0.05) is 51.5 Å². The first-order chi connectivity index (χ1) is 12.1. The molecule has 1 aromatic heterocycles. The van der Waals surface area contributed by atoms with Gasteiger partial charge in [0.1, 0.15) is 5.82 Å². The standard InChI is InChI=1S/C18H31N5O2/c1-4-23(5-2)17-7-6-16(12-19-17)13-20-18(24)21-15(3)14-22-8-10-25-11-9-22/h6-7,12,15H,4-5,8-11,13-14H2,1-3H3,(H2,20,21,24)/t15-/m1/s1. The molecule has 0 bridgehead atoms. The van der Waals surface area contributed by atoms with Crippen LogP contribution in [-0.2, 0) is 11.3 Å². The summed E-state index contributed by atoms with van der Waals surface area (Å²) in [5.74, 6) is 0.970. The lowest BCUT2D eigenvalue weighted by Gasteiger charge is -2.29. The Morgan fingerprint density at radius 2 is 2.04 bits per heavy atom. The molecule has 2 N–H and O–H groups in total. The number of anilines is 1. The number of carbonyl (C=O) groups is 1. The van der Waals surface area contributed by atoms with E-state index in [9.17, 15) is 4.79 Å². The Hall–Kier alpha value is -1.86. The van der Waals surface area contributed by atoms with Crippen LogP contribution in [0.25, 0.3) is 0 Å². The van der Waals surface area contributed by atoms with E-state index < -0.39 is 0 Å². The van der Waals surface area contributed by atoms with E-state index >= 15 is 0 Å². The lowest BCUT2D eigenvalue weighted by atomic mass is 10.2. The third kappa shape index (κ3) is 6.51. The Bertz CT molecular complexity index is 513. The highest BCUT2D eigenvalue weighted by Crippen LogP contribution is 2.10. The number of nitrogens with zero attached hydrogens (tertiary/aromatic N) is 3. The monoisotopic (exact) mass is 349 g/mol. The minimum atomic E-state index is -0.145. The molecule has 0 saturated carbocycles. The molecule has 0 spiro atoms. The second kappa shape index (κ2) is 10.2. The molecule has 1 atom stereocenters. The van der Waals surface area contributed by atoms with Crippen molar-refractivity contribution in [1.82, 2.24) is 20.5 Å². The van der Waals surface area contributed by atoms with Crippen molar-refractivity contribution in [1.29, 1.82) is 0 Å². The number of carbonyl (C=O) groups excluding carboxylic acids is 1. The molecule has 0 radical (unpaired) electrons. The zero-order chi connectivity index (χ0) is 18.1. The van der Waals surface area contributed by atoms with Crippen LogP contribution in [0.4, 0.5) is 10.6 Å². The zero-order valence-electron chi connectivity index (χ0n) is 15.6. The van der Waals surface area contributed by atoms with E-state index in [1.54, 1.807) is 0 Å². The molecule has 25 heavy (non-hydrogen) atoms. The molecule has 7 heteroatoms. The predicted molar refractivity (Wildman–Crippen MR) is 99.9 cm³/mol. The van der Waals surface area contributed by atoms with Crippen molar-refractivity contribution >= 4 is 11.8 Å². The van der Waals surface area contributed by atoms with E-state index in [1.807, 2.05) is 25.3 Å². The van der Waals surface area contributed by atoms with Gasteiger partial charge in [-0.2, -0.15) is 0 Å². The molecule has 0 unspecified atom stereocenters. The maximum Gasteiger partial charge on any atom is 0.315 e. The van der Waals surface area contributed by atoms with Crippen molar-refractivity contribution in [3.63, 3.8) is 0 Å². The van der Waals surface area contributed by atoms with Gasteiger partial charge in [0.05, 0.1) is 13.2 Å². The molecule has 1 aromatic rings. The number of hydrogen-bond donors (Lipinski definition) is 2. The fourth-order valence-corrected chi connectivity index (χ4v) is 2.93. The molecule has 1 aliphatic rings. The summed E-state index contributed by atoms with van der Waals surface area (Å²) < 4.78 is 5.34. The number of rotatable bonds is 8. The van der Waals surface area contributed by atoms with Gasteiger partial charge in [0.25, 0.3) is 0 Å². The second-order valence-corrected chi connectivity index (χ2v) is 6.34. The van der Waals surface area contributed by atoms with Gasteiger partial charge in [-0.3, -0.25) is 4.90 Å². The zero-order valence-corrected chi connectivity index (χ0v) is 15.6. The van der Waals surface area contributed by atoms with Crippen molar-refractivity contribution in [2.24, 2.45) is 0 Å². The Kier molecular flexibility index (Phi) is 7.94. The third-order valence-electron chi connectivity index (χ3n) is 4.36. The van der Waals surface area contributed by atoms with Crippen LogP contribution in [0.1, 0.15) is 26.3 Å². The SMILES string of the molecule is CCN(CC)c1ccc(CNC(=O)N[C@H](C)CN2CCOCC2)cn1. The van der Waals surface area contributed by atoms with Crippen molar-refractivity contribution in [3.05, 3.63) is 23.9 Å². The molecule has 7 nitrogen and oxygen atoms in total. The third-order valence-corrected chi connectivity index (χ3v) is 4.36. The van der Waals surface area contributed by atoms with Gasteiger partial charge in [0.2, 0.25) is 0 Å². The molecule has 2 heterocycles. The maximum atomic E-state index is 12.0. The number of nitrogens with one attached hydrogen (secondary N) is 2. The minimum Gasteiger partial charge on any atom is -0.379 e. The highest BCUT2D eigenvalue weighted by Gasteiger charge is 2.15. The molecule has 1 saturated heterocycles. The number of pyridine rings is 1. The summed E-state index contributed by atoms with van der Waals surface area (Å²) in [4.78, 5) is 21.0. The topological polar surface area (TPSA) is 69.7 Å². The Morgan fingerprint density at radius 1 is 1.32 bits per heavy atom. The molecule has 2 amide bonds. The van der Waals surface area contributed by atoms with Crippen LogP contribution >= 0.6 is 0 Å². The summed E-state index contributed by atoms with van der Waals surface area (Å²) in [6, 6.07) is 3.97. The fourth-order valence-electron chi connectivity index (χ4n) is 2.93. The summed E-state index contributed by atoms with van der Waals surface area (Å²) in [6.07, 6.45) is 1.82. The summed E-state index contributed by atoms with van der Waals surface area (Å²) in [6.45, 7) is 12.8. The van der Waals surface area contributed by atoms with E-state index in [2.05, 4.69) is 39.3 Å². The van der Waals surface area contributed by atoms with Gasteiger partial charge >= 0.3 is 6.03 Å². The first-order valence-electron chi connectivity index (χ1n) is 9.16. The quantitative estimate of drug-likeness (QED) is 0.743. The number of hydrogen-bond acceptors (Lipinski definition) is 5. The van der Waals surface area contributed by atoms with Crippen molar-refractivity contribution < 1.29 is 9.53 Å². The van der Waals surface area contributed by atoms with Gasteiger partial charge in [0.15, 0.2) is 0 Å². The number of aromatic nitrogens is 1. The summed E-state index contributed by atoms with van der Waals surface area (Å²) in [7, 11) is 0. The van der Waals surface area contributed by atoms with E-state index in [0.717, 1.165) is 57.3 Å². The average Bonchev–Trinajstić information content (AvgIpc) is 2.63. The van der Waals surface area contributed by atoms with Crippen LogP contribution in [0, 0.1) is 0 Å². The van der Waals surface area contributed by atoms with Gasteiger partial charge in [-0.05, 0) is 32.4 Å². The summed E-state index contributed by atoms with van der Waals surface area (Å²) in [5, 5.41) is 5.88. The minimum absolute atomic E-state index is 0.0984.